The van der Waals surface area contributed by atoms with Crippen molar-refractivity contribution in [3.63, 3.8) is 0 Å². The van der Waals surface area contributed by atoms with Gasteiger partial charge in [0.2, 0.25) is 5.91 Å². The second-order valence-corrected chi connectivity index (χ2v) is 4.67. The highest BCUT2D eigenvalue weighted by Gasteiger charge is 2.34. The molecule has 2 amide bonds. The van der Waals surface area contributed by atoms with Gasteiger partial charge in [-0.05, 0) is 25.0 Å². The highest BCUT2D eigenvalue weighted by molar-refractivity contribution is 5.95. The smallest absolute Gasteiger partial charge is 0.307 e. The van der Waals surface area contributed by atoms with Crippen molar-refractivity contribution in [2.45, 2.75) is 12.8 Å². The predicted octanol–water partition coefficient (Wildman–Crippen LogP) is 0.510. The molecule has 0 unspecified atom stereocenters. The van der Waals surface area contributed by atoms with Gasteiger partial charge in [-0.3, -0.25) is 30.2 Å². The van der Waals surface area contributed by atoms with Crippen molar-refractivity contribution in [3.05, 3.63) is 42.2 Å². The van der Waals surface area contributed by atoms with Gasteiger partial charge in [-0.15, -0.1) is 0 Å². The molecule has 110 valence electrons. The number of allylic oxidation sites excluding steroid dienone is 2. The second kappa shape index (κ2) is 6.65. The molecule has 0 saturated heterocycles. The van der Waals surface area contributed by atoms with Crippen LogP contribution >= 0.6 is 0 Å². The summed E-state index contributed by atoms with van der Waals surface area (Å²) in [5, 5.41) is 9.10. The zero-order chi connectivity index (χ0) is 15.2. The van der Waals surface area contributed by atoms with Gasteiger partial charge in [0.25, 0.3) is 5.91 Å². The van der Waals surface area contributed by atoms with Gasteiger partial charge in [-0.2, -0.15) is 0 Å². The summed E-state index contributed by atoms with van der Waals surface area (Å²) in [7, 11) is 0. The van der Waals surface area contributed by atoms with E-state index in [4.69, 9.17) is 5.11 Å². The summed E-state index contributed by atoms with van der Waals surface area (Å²) < 4.78 is 0. The molecule has 7 heteroatoms. The van der Waals surface area contributed by atoms with E-state index in [1.807, 2.05) is 0 Å². The third-order valence-electron chi connectivity index (χ3n) is 3.33. The van der Waals surface area contributed by atoms with Crippen molar-refractivity contribution in [2.75, 3.05) is 0 Å². The fourth-order valence-electron chi connectivity index (χ4n) is 2.16. The van der Waals surface area contributed by atoms with Crippen LogP contribution in [-0.4, -0.2) is 27.9 Å². The van der Waals surface area contributed by atoms with E-state index < -0.39 is 29.6 Å². The molecule has 1 aliphatic rings. The van der Waals surface area contributed by atoms with Crippen LogP contribution in [0.5, 0.6) is 0 Å². The van der Waals surface area contributed by atoms with Crippen LogP contribution in [0.15, 0.2) is 36.7 Å². The van der Waals surface area contributed by atoms with Crippen molar-refractivity contribution >= 4 is 17.8 Å². The average Bonchev–Trinajstić information content (AvgIpc) is 2.53. The highest BCUT2D eigenvalue weighted by Crippen LogP contribution is 2.25. The molecule has 2 rings (SSSR count). The largest absolute Gasteiger partial charge is 0.481 e. The number of carboxylic acids is 1. The number of aliphatic carboxylic acids is 1. The zero-order valence-corrected chi connectivity index (χ0v) is 11.2. The van der Waals surface area contributed by atoms with Gasteiger partial charge < -0.3 is 5.11 Å². The first kappa shape index (κ1) is 14.7. The topological polar surface area (TPSA) is 108 Å². The minimum Gasteiger partial charge on any atom is -0.481 e. The maximum atomic E-state index is 12.0. The molecule has 0 bridgehead atoms. The lowest BCUT2D eigenvalue weighted by molar-refractivity contribution is -0.147. The number of pyridine rings is 1. The van der Waals surface area contributed by atoms with Crippen molar-refractivity contribution in [3.8, 4) is 0 Å². The van der Waals surface area contributed by atoms with E-state index in [9.17, 15) is 14.4 Å². The quantitative estimate of drug-likeness (QED) is 0.555. The van der Waals surface area contributed by atoms with Gasteiger partial charge in [-0.25, -0.2) is 0 Å². The summed E-state index contributed by atoms with van der Waals surface area (Å²) in [4.78, 5) is 38.7. The normalized spacial score (nSPS) is 20.6. The molecule has 2 atom stereocenters. The molecule has 3 N–H and O–H groups in total. The predicted molar refractivity (Wildman–Crippen MR) is 72.8 cm³/mol. The Hall–Kier alpha value is -2.70. The molecular weight excluding hydrogens is 274 g/mol. The number of aromatic nitrogens is 1. The first-order valence-corrected chi connectivity index (χ1v) is 6.47. The molecule has 1 heterocycles. The van der Waals surface area contributed by atoms with E-state index in [1.165, 1.54) is 24.5 Å². The van der Waals surface area contributed by atoms with Gasteiger partial charge >= 0.3 is 5.97 Å². The van der Waals surface area contributed by atoms with Crippen molar-refractivity contribution in [2.24, 2.45) is 11.8 Å². The summed E-state index contributed by atoms with van der Waals surface area (Å²) in [5.74, 6) is -3.46. The average molecular weight is 289 g/mol. The lowest BCUT2D eigenvalue weighted by atomic mass is 9.82. The zero-order valence-electron chi connectivity index (χ0n) is 11.2. The number of rotatable bonds is 3. The molecule has 1 aliphatic carbocycles. The van der Waals surface area contributed by atoms with Crippen LogP contribution in [0, 0.1) is 11.8 Å². The Morgan fingerprint density at radius 2 is 1.67 bits per heavy atom. The highest BCUT2D eigenvalue weighted by atomic mass is 16.4. The monoisotopic (exact) mass is 289 g/mol. The van der Waals surface area contributed by atoms with E-state index in [0.29, 0.717) is 18.4 Å². The molecule has 0 spiro atoms. The van der Waals surface area contributed by atoms with Gasteiger partial charge in [0.1, 0.15) is 0 Å². The Morgan fingerprint density at radius 1 is 1.05 bits per heavy atom. The van der Waals surface area contributed by atoms with Crippen LogP contribution in [0.2, 0.25) is 0 Å². The Kier molecular flexibility index (Phi) is 4.65. The Morgan fingerprint density at radius 3 is 2.29 bits per heavy atom. The number of hydrogen-bond acceptors (Lipinski definition) is 4. The lowest BCUT2D eigenvalue weighted by Crippen LogP contribution is -2.47. The first-order chi connectivity index (χ1) is 10.1. The molecule has 0 radical (unpaired) electrons. The van der Waals surface area contributed by atoms with Crippen molar-refractivity contribution in [1.29, 1.82) is 0 Å². The lowest BCUT2D eigenvalue weighted by Gasteiger charge is -2.24. The molecule has 1 aromatic heterocycles. The molecular formula is C14H15N3O4. The third-order valence-corrected chi connectivity index (χ3v) is 3.33. The number of carbonyl (C=O) groups excluding carboxylic acids is 2. The van der Waals surface area contributed by atoms with Crippen LogP contribution in [0.25, 0.3) is 0 Å². The molecule has 0 aliphatic heterocycles. The van der Waals surface area contributed by atoms with E-state index in [0.717, 1.165) is 0 Å². The third kappa shape index (κ3) is 3.65. The minimum absolute atomic E-state index is 0.311. The molecule has 7 nitrogen and oxygen atoms in total. The fraction of sp³-hybridized carbons (Fsp3) is 0.286. The van der Waals surface area contributed by atoms with Crippen molar-refractivity contribution < 1.29 is 19.5 Å². The SMILES string of the molecule is O=C(NNC(=O)[C@H]1CC=CC[C@H]1C(=O)O)c1ccncc1. The van der Waals surface area contributed by atoms with E-state index >= 15 is 0 Å². The standard InChI is InChI=1S/C14H15N3O4/c18-12(9-5-7-15-8-6-9)16-17-13(19)10-3-1-2-4-11(10)14(20)21/h1-2,5-8,10-11H,3-4H2,(H,16,18)(H,17,19)(H,20,21)/t10-,11+/m0/s1. The van der Waals surface area contributed by atoms with E-state index in [2.05, 4.69) is 15.8 Å². The Labute approximate surface area is 121 Å². The molecule has 0 fully saturated rings. The van der Waals surface area contributed by atoms with Crippen LogP contribution in [0.3, 0.4) is 0 Å². The molecule has 0 aromatic carbocycles. The summed E-state index contributed by atoms with van der Waals surface area (Å²) in [5.41, 5.74) is 4.90. The van der Waals surface area contributed by atoms with Crippen LogP contribution < -0.4 is 10.9 Å². The summed E-state index contributed by atoms with van der Waals surface area (Å²) in [6, 6.07) is 3.01. The minimum atomic E-state index is -1.01. The first-order valence-electron chi connectivity index (χ1n) is 6.47. The maximum absolute atomic E-state index is 12.0. The van der Waals surface area contributed by atoms with Gasteiger partial charge in [0.15, 0.2) is 0 Å². The van der Waals surface area contributed by atoms with E-state index in [-0.39, 0.29) is 0 Å². The van der Waals surface area contributed by atoms with E-state index in [1.54, 1.807) is 12.2 Å². The Bertz CT molecular complexity index is 571. The number of hydrogen-bond donors (Lipinski definition) is 3. The van der Waals surface area contributed by atoms with Gasteiger partial charge in [0, 0.05) is 18.0 Å². The van der Waals surface area contributed by atoms with Gasteiger partial charge in [-0.1, -0.05) is 12.2 Å². The summed E-state index contributed by atoms with van der Waals surface area (Å²) >= 11 is 0. The number of amides is 2. The molecule has 1 aromatic rings. The van der Waals surface area contributed by atoms with Crippen molar-refractivity contribution in [1.82, 2.24) is 15.8 Å². The van der Waals surface area contributed by atoms with Crippen LogP contribution in [0.4, 0.5) is 0 Å². The summed E-state index contributed by atoms with van der Waals surface area (Å²) in [6.07, 6.45) is 7.10. The molecule has 0 saturated carbocycles. The van der Waals surface area contributed by atoms with Crippen LogP contribution in [-0.2, 0) is 9.59 Å². The van der Waals surface area contributed by atoms with Crippen LogP contribution in [0.1, 0.15) is 23.2 Å². The summed E-state index contributed by atoms with van der Waals surface area (Å²) in [6.45, 7) is 0. The second-order valence-electron chi connectivity index (χ2n) is 4.67. The van der Waals surface area contributed by atoms with Gasteiger partial charge in [0.05, 0.1) is 11.8 Å². The number of carbonyl (C=O) groups is 3. The number of nitrogens with zero attached hydrogens (tertiary/aromatic N) is 1. The molecule has 21 heavy (non-hydrogen) atoms. The number of carboxylic acid groups (broad SMARTS) is 1. The number of nitrogens with one attached hydrogen (secondary N) is 2. The maximum Gasteiger partial charge on any atom is 0.307 e. The Balaban J connectivity index is 1.94. The fourth-order valence-corrected chi connectivity index (χ4v) is 2.16. The number of hydrazine groups is 1.